The fourth-order valence-electron chi connectivity index (χ4n) is 2.90. The molecule has 2 heteroatoms. The first-order valence-corrected chi connectivity index (χ1v) is 6.35. The summed E-state index contributed by atoms with van der Waals surface area (Å²) in [5, 5.41) is 0. The van der Waals surface area contributed by atoms with Crippen LogP contribution in [0.3, 0.4) is 0 Å². The molecule has 0 amide bonds. The van der Waals surface area contributed by atoms with Crippen LogP contribution in [-0.2, 0) is 11.2 Å². The second-order valence-electron chi connectivity index (χ2n) is 4.87. The van der Waals surface area contributed by atoms with E-state index in [4.69, 9.17) is 4.74 Å². The standard InChI is InChI=1S/C14H19NO/c1-2-6-12(7-3-1)10-13-11-16-14-8-4-5-9-15(13)14/h1-3,6-7,13-14H,4-5,8-11H2. The lowest BCUT2D eigenvalue weighted by atomic mass is 10.0. The molecular weight excluding hydrogens is 198 g/mol. The van der Waals surface area contributed by atoms with E-state index < -0.39 is 0 Å². The van der Waals surface area contributed by atoms with Crippen molar-refractivity contribution < 1.29 is 4.74 Å². The second-order valence-corrected chi connectivity index (χ2v) is 4.87. The number of rotatable bonds is 2. The number of fused-ring (bicyclic) bond motifs is 1. The number of benzene rings is 1. The van der Waals surface area contributed by atoms with E-state index in [2.05, 4.69) is 35.2 Å². The third-order valence-electron chi connectivity index (χ3n) is 3.75. The highest BCUT2D eigenvalue weighted by Gasteiger charge is 2.35. The van der Waals surface area contributed by atoms with Gasteiger partial charge in [-0.3, -0.25) is 4.90 Å². The van der Waals surface area contributed by atoms with Crippen molar-refractivity contribution in [1.82, 2.24) is 4.90 Å². The summed E-state index contributed by atoms with van der Waals surface area (Å²) in [7, 11) is 0. The Hall–Kier alpha value is -0.860. The minimum absolute atomic E-state index is 0.419. The van der Waals surface area contributed by atoms with Gasteiger partial charge in [-0.2, -0.15) is 0 Å². The first-order valence-electron chi connectivity index (χ1n) is 6.35. The van der Waals surface area contributed by atoms with Crippen LogP contribution in [-0.4, -0.2) is 30.3 Å². The van der Waals surface area contributed by atoms with E-state index in [1.165, 1.54) is 31.4 Å². The summed E-state index contributed by atoms with van der Waals surface area (Å²) >= 11 is 0. The number of hydrogen-bond acceptors (Lipinski definition) is 2. The molecule has 0 bridgehead atoms. The molecule has 86 valence electrons. The molecule has 1 aromatic rings. The van der Waals surface area contributed by atoms with Crippen molar-refractivity contribution in [3.8, 4) is 0 Å². The molecule has 1 aromatic carbocycles. The molecule has 2 heterocycles. The van der Waals surface area contributed by atoms with E-state index in [1.54, 1.807) is 0 Å². The Kier molecular flexibility index (Phi) is 2.94. The lowest BCUT2D eigenvalue weighted by Gasteiger charge is -2.31. The van der Waals surface area contributed by atoms with Gasteiger partial charge in [0.1, 0.15) is 6.23 Å². The van der Waals surface area contributed by atoms with Gasteiger partial charge in [-0.25, -0.2) is 0 Å². The van der Waals surface area contributed by atoms with Crippen LogP contribution in [0.25, 0.3) is 0 Å². The van der Waals surface area contributed by atoms with Crippen LogP contribution in [0.4, 0.5) is 0 Å². The Morgan fingerprint density at radius 2 is 2.06 bits per heavy atom. The lowest BCUT2D eigenvalue weighted by Crippen LogP contribution is -2.41. The average Bonchev–Trinajstić information content (AvgIpc) is 2.74. The van der Waals surface area contributed by atoms with Gasteiger partial charge in [-0.1, -0.05) is 30.3 Å². The van der Waals surface area contributed by atoms with E-state index >= 15 is 0 Å². The molecule has 2 aliphatic rings. The number of hydrogen-bond donors (Lipinski definition) is 0. The molecule has 0 N–H and O–H groups in total. The monoisotopic (exact) mass is 217 g/mol. The van der Waals surface area contributed by atoms with Crippen molar-refractivity contribution in [2.24, 2.45) is 0 Å². The predicted molar refractivity (Wildman–Crippen MR) is 64.2 cm³/mol. The molecule has 0 aliphatic carbocycles. The Balaban J connectivity index is 1.67. The van der Waals surface area contributed by atoms with Crippen LogP contribution >= 0.6 is 0 Å². The van der Waals surface area contributed by atoms with Crippen molar-refractivity contribution in [2.45, 2.75) is 38.0 Å². The normalized spacial score (nSPS) is 30.2. The number of nitrogens with zero attached hydrogens (tertiary/aromatic N) is 1. The highest BCUT2D eigenvalue weighted by atomic mass is 16.5. The molecule has 2 saturated heterocycles. The maximum atomic E-state index is 5.87. The van der Waals surface area contributed by atoms with Crippen LogP contribution in [0, 0.1) is 0 Å². The van der Waals surface area contributed by atoms with Gasteiger partial charge >= 0.3 is 0 Å². The molecule has 3 rings (SSSR count). The van der Waals surface area contributed by atoms with Crippen LogP contribution in [0.15, 0.2) is 30.3 Å². The van der Waals surface area contributed by atoms with Crippen molar-refractivity contribution in [3.63, 3.8) is 0 Å². The van der Waals surface area contributed by atoms with E-state index in [0.29, 0.717) is 12.3 Å². The van der Waals surface area contributed by atoms with Crippen molar-refractivity contribution in [3.05, 3.63) is 35.9 Å². The summed E-state index contributed by atoms with van der Waals surface area (Å²) in [6, 6.07) is 11.4. The molecule has 0 aromatic heterocycles. The first-order chi connectivity index (χ1) is 7.93. The summed E-state index contributed by atoms with van der Waals surface area (Å²) in [4.78, 5) is 2.57. The average molecular weight is 217 g/mol. The zero-order valence-electron chi connectivity index (χ0n) is 9.64. The zero-order chi connectivity index (χ0) is 10.8. The molecule has 2 fully saturated rings. The molecule has 16 heavy (non-hydrogen) atoms. The molecule has 0 radical (unpaired) electrons. The Morgan fingerprint density at radius 3 is 2.94 bits per heavy atom. The van der Waals surface area contributed by atoms with Gasteiger partial charge in [0, 0.05) is 12.6 Å². The van der Waals surface area contributed by atoms with Gasteiger partial charge in [0.15, 0.2) is 0 Å². The van der Waals surface area contributed by atoms with Gasteiger partial charge in [0.2, 0.25) is 0 Å². The van der Waals surface area contributed by atoms with Crippen molar-refractivity contribution in [1.29, 1.82) is 0 Å². The smallest absolute Gasteiger partial charge is 0.111 e. The van der Waals surface area contributed by atoms with E-state index in [0.717, 1.165) is 13.0 Å². The van der Waals surface area contributed by atoms with Gasteiger partial charge in [-0.05, 0) is 31.2 Å². The van der Waals surface area contributed by atoms with Crippen LogP contribution in [0.2, 0.25) is 0 Å². The van der Waals surface area contributed by atoms with Crippen molar-refractivity contribution in [2.75, 3.05) is 13.2 Å². The van der Waals surface area contributed by atoms with E-state index in [9.17, 15) is 0 Å². The fourth-order valence-corrected chi connectivity index (χ4v) is 2.90. The zero-order valence-corrected chi connectivity index (χ0v) is 9.64. The van der Waals surface area contributed by atoms with Crippen molar-refractivity contribution >= 4 is 0 Å². The summed E-state index contributed by atoms with van der Waals surface area (Å²) < 4.78 is 5.87. The fraction of sp³-hybridized carbons (Fsp3) is 0.571. The maximum Gasteiger partial charge on any atom is 0.111 e. The molecule has 2 atom stereocenters. The largest absolute Gasteiger partial charge is 0.361 e. The lowest BCUT2D eigenvalue weighted by molar-refractivity contribution is 0.00410. The van der Waals surface area contributed by atoms with Gasteiger partial charge < -0.3 is 4.74 Å². The predicted octanol–water partition coefficient (Wildman–Crippen LogP) is 2.44. The van der Waals surface area contributed by atoms with E-state index in [1.807, 2.05) is 0 Å². The van der Waals surface area contributed by atoms with E-state index in [-0.39, 0.29) is 0 Å². The summed E-state index contributed by atoms with van der Waals surface area (Å²) in [5.74, 6) is 0. The summed E-state index contributed by atoms with van der Waals surface area (Å²) in [6.45, 7) is 2.14. The topological polar surface area (TPSA) is 12.5 Å². The quantitative estimate of drug-likeness (QED) is 0.754. The number of piperidine rings is 1. The molecule has 0 spiro atoms. The van der Waals surface area contributed by atoms with Gasteiger partial charge in [0.25, 0.3) is 0 Å². The molecule has 0 saturated carbocycles. The summed E-state index contributed by atoms with van der Waals surface area (Å²) in [6.07, 6.45) is 5.45. The van der Waals surface area contributed by atoms with Crippen LogP contribution in [0.1, 0.15) is 24.8 Å². The first kappa shape index (κ1) is 10.3. The highest BCUT2D eigenvalue weighted by molar-refractivity contribution is 5.16. The minimum Gasteiger partial charge on any atom is -0.361 e. The Morgan fingerprint density at radius 1 is 1.19 bits per heavy atom. The Bertz CT molecular complexity index is 338. The SMILES string of the molecule is c1ccc(CC2COC3CCCCN23)cc1. The van der Waals surface area contributed by atoms with Crippen LogP contribution < -0.4 is 0 Å². The maximum absolute atomic E-state index is 5.87. The second kappa shape index (κ2) is 4.56. The Labute approximate surface area is 97.2 Å². The van der Waals surface area contributed by atoms with Gasteiger partial charge in [0.05, 0.1) is 6.61 Å². The highest BCUT2D eigenvalue weighted by Crippen LogP contribution is 2.27. The third kappa shape index (κ3) is 2.00. The van der Waals surface area contributed by atoms with Gasteiger partial charge in [-0.15, -0.1) is 0 Å². The molecular formula is C14H19NO. The van der Waals surface area contributed by atoms with Crippen LogP contribution in [0.5, 0.6) is 0 Å². The molecule has 2 aliphatic heterocycles. The minimum atomic E-state index is 0.419. The number of ether oxygens (including phenoxy) is 1. The molecule has 2 unspecified atom stereocenters. The molecule has 2 nitrogen and oxygen atoms in total. The third-order valence-corrected chi connectivity index (χ3v) is 3.75. The summed E-state index contributed by atoms with van der Waals surface area (Å²) in [5.41, 5.74) is 1.43.